The molecule has 0 heterocycles. The van der Waals surface area contributed by atoms with E-state index < -0.39 is 0 Å². The maximum atomic E-state index is 7.19. The van der Waals surface area contributed by atoms with E-state index >= 15 is 0 Å². The molecular weight excluding hydrogens is 511 g/mol. The van der Waals surface area contributed by atoms with Gasteiger partial charge in [0.25, 0.3) is 0 Å². The second-order valence-electron chi connectivity index (χ2n) is 13.2. The molecule has 0 aromatic heterocycles. The summed E-state index contributed by atoms with van der Waals surface area (Å²) in [6.07, 6.45) is 19.7. The predicted molar refractivity (Wildman–Crippen MR) is 178 cm³/mol. The molecule has 0 nitrogen and oxygen atoms in total. The zero-order valence-corrected chi connectivity index (χ0v) is 27.6. The van der Waals surface area contributed by atoms with Crippen molar-refractivity contribution in [3.63, 3.8) is 0 Å². The summed E-state index contributed by atoms with van der Waals surface area (Å²) in [6.45, 7) is 16.4. The maximum Gasteiger partial charge on any atom is 0.0447 e. The van der Waals surface area contributed by atoms with Gasteiger partial charge in [-0.3, -0.25) is 0 Å². The van der Waals surface area contributed by atoms with Crippen molar-refractivity contribution in [2.45, 2.75) is 148 Å². The Bertz CT molecular complexity index is 1070. The Balaban J connectivity index is 2.07. The van der Waals surface area contributed by atoms with Crippen molar-refractivity contribution in [2.24, 2.45) is 0 Å². The molecule has 214 valence electrons. The van der Waals surface area contributed by atoms with E-state index in [1.807, 2.05) is 0 Å². The molecule has 2 saturated carbocycles. The second-order valence-corrected chi connectivity index (χ2v) is 16.4. The van der Waals surface area contributed by atoms with Gasteiger partial charge in [0.2, 0.25) is 0 Å². The lowest BCUT2D eigenvalue weighted by Crippen LogP contribution is -2.29. The number of allylic oxidation sites excluding steroid dienone is 2. The van der Waals surface area contributed by atoms with Crippen molar-refractivity contribution in [1.82, 2.24) is 0 Å². The van der Waals surface area contributed by atoms with Crippen LogP contribution in [0.15, 0.2) is 36.4 Å². The van der Waals surface area contributed by atoms with Crippen molar-refractivity contribution in [1.29, 1.82) is 0 Å². The van der Waals surface area contributed by atoms with Crippen LogP contribution >= 0.6 is 19.5 Å². The Morgan fingerprint density at radius 1 is 0.769 bits per heavy atom. The molecule has 0 N–H and O–H groups in total. The van der Waals surface area contributed by atoms with Crippen LogP contribution < -0.4 is 5.30 Å². The molecule has 0 spiro atoms. The minimum atomic E-state index is -0.292. The summed E-state index contributed by atoms with van der Waals surface area (Å²) in [6, 6.07) is 9.77. The molecule has 0 radical (unpaired) electrons. The van der Waals surface area contributed by atoms with E-state index in [1.165, 1.54) is 97.6 Å². The standard InChI is InChI=1S/C37H54ClP/c1-8-9-20-31-35(38)22-21-32(36-33(26(4)5)23-28(25(2)3)24-34(36)27(6)7)37(31)39(29-16-12-10-13-17-29)30-18-14-11-15-19-30/h8-9,21-27,29-30H,10-20H2,1-7H3. The first-order valence-corrected chi connectivity index (χ1v) is 18.0. The highest BCUT2D eigenvalue weighted by Crippen LogP contribution is 2.58. The lowest BCUT2D eigenvalue weighted by atomic mass is 9.81. The van der Waals surface area contributed by atoms with Crippen molar-refractivity contribution in [3.8, 4) is 11.1 Å². The molecule has 4 rings (SSSR count). The van der Waals surface area contributed by atoms with Gasteiger partial charge in [-0.15, -0.1) is 0 Å². The molecule has 2 heteroatoms. The lowest BCUT2D eigenvalue weighted by Gasteiger charge is -2.41. The van der Waals surface area contributed by atoms with E-state index in [1.54, 1.807) is 5.30 Å². The molecule has 2 aromatic rings. The van der Waals surface area contributed by atoms with E-state index in [-0.39, 0.29) is 7.92 Å². The molecule has 0 atom stereocenters. The van der Waals surface area contributed by atoms with Gasteiger partial charge in [0, 0.05) is 5.02 Å². The van der Waals surface area contributed by atoms with Gasteiger partial charge >= 0.3 is 0 Å². The quantitative estimate of drug-likeness (QED) is 0.210. The number of halogens is 1. The van der Waals surface area contributed by atoms with E-state index in [9.17, 15) is 0 Å². The van der Waals surface area contributed by atoms with E-state index in [0.717, 1.165) is 22.8 Å². The Morgan fingerprint density at radius 3 is 1.72 bits per heavy atom. The number of benzene rings is 2. The van der Waals surface area contributed by atoms with Crippen molar-refractivity contribution in [2.75, 3.05) is 0 Å². The van der Waals surface area contributed by atoms with Gasteiger partial charge in [-0.25, -0.2) is 0 Å². The second kappa shape index (κ2) is 14.2. The van der Waals surface area contributed by atoms with Gasteiger partial charge in [0.15, 0.2) is 0 Å². The number of hydrogen-bond acceptors (Lipinski definition) is 0. The van der Waals surface area contributed by atoms with Gasteiger partial charge in [0.05, 0.1) is 0 Å². The highest BCUT2D eigenvalue weighted by molar-refractivity contribution is 7.67. The van der Waals surface area contributed by atoms with Gasteiger partial charge in [0.1, 0.15) is 0 Å². The first-order valence-electron chi connectivity index (χ1n) is 16.1. The molecular formula is C37H54ClP. The van der Waals surface area contributed by atoms with E-state index in [2.05, 4.69) is 84.9 Å². The minimum Gasteiger partial charge on any atom is -0.0913 e. The van der Waals surface area contributed by atoms with Gasteiger partial charge in [-0.05, 0) is 113 Å². The maximum absolute atomic E-state index is 7.19. The molecule has 2 aromatic carbocycles. The number of rotatable bonds is 9. The van der Waals surface area contributed by atoms with Crippen LogP contribution in [-0.4, -0.2) is 11.3 Å². The fraction of sp³-hybridized carbons (Fsp3) is 0.622. The van der Waals surface area contributed by atoms with Gasteiger partial charge < -0.3 is 0 Å². The Kier molecular flexibility index (Phi) is 11.2. The van der Waals surface area contributed by atoms with Crippen LogP contribution in [0.4, 0.5) is 0 Å². The molecule has 0 saturated heterocycles. The van der Waals surface area contributed by atoms with Crippen LogP contribution in [0.5, 0.6) is 0 Å². The highest BCUT2D eigenvalue weighted by Gasteiger charge is 2.36. The SMILES string of the molecule is CC=CCc1c(Cl)ccc(-c2c(C(C)C)cc(C(C)C)cc2C(C)C)c1P(C1CCCCC1)C1CCCCC1. The summed E-state index contributed by atoms with van der Waals surface area (Å²) < 4.78 is 0. The van der Waals surface area contributed by atoms with Gasteiger partial charge in [-0.2, -0.15) is 0 Å². The molecule has 2 aliphatic rings. The smallest absolute Gasteiger partial charge is 0.0447 e. The zero-order chi connectivity index (χ0) is 28.1. The molecule has 0 aliphatic heterocycles. The lowest BCUT2D eigenvalue weighted by molar-refractivity contribution is 0.487. The summed E-state index contributed by atoms with van der Waals surface area (Å²) >= 11 is 7.19. The summed E-state index contributed by atoms with van der Waals surface area (Å²) in [4.78, 5) is 0. The third-order valence-electron chi connectivity index (χ3n) is 9.38. The first kappa shape index (κ1) is 30.8. The van der Waals surface area contributed by atoms with Gasteiger partial charge in [-0.1, -0.05) is 130 Å². The first-order chi connectivity index (χ1) is 18.7. The molecule has 2 aliphatic carbocycles. The van der Waals surface area contributed by atoms with E-state index in [0.29, 0.717) is 17.8 Å². The Labute approximate surface area is 247 Å². The average Bonchev–Trinajstić information content (AvgIpc) is 2.93. The monoisotopic (exact) mass is 564 g/mol. The van der Waals surface area contributed by atoms with Crippen LogP contribution in [0, 0.1) is 0 Å². The number of hydrogen-bond donors (Lipinski definition) is 0. The van der Waals surface area contributed by atoms with Crippen LogP contribution in [0.25, 0.3) is 11.1 Å². The van der Waals surface area contributed by atoms with Crippen molar-refractivity contribution >= 4 is 24.8 Å². The fourth-order valence-electron chi connectivity index (χ4n) is 7.19. The van der Waals surface area contributed by atoms with Crippen LogP contribution in [0.1, 0.15) is 153 Å². The highest BCUT2D eigenvalue weighted by atomic mass is 35.5. The van der Waals surface area contributed by atoms with Crippen molar-refractivity contribution in [3.05, 3.63) is 63.7 Å². The van der Waals surface area contributed by atoms with Crippen LogP contribution in [0.2, 0.25) is 5.02 Å². The minimum absolute atomic E-state index is 0.292. The molecule has 39 heavy (non-hydrogen) atoms. The molecule has 0 amide bonds. The van der Waals surface area contributed by atoms with Crippen LogP contribution in [-0.2, 0) is 6.42 Å². The largest absolute Gasteiger partial charge is 0.0913 e. The zero-order valence-electron chi connectivity index (χ0n) is 26.0. The predicted octanol–water partition coefficient (Wildman–Crippen LogP) is 12.3. The summed E-state index contributed by atoms with van der Waals surface area (Å²) in [5.41, 5.74) is 10.8. The molecule has 0 unspecified atom stereocenters. The third-order valence-corrected chi connectivity index (χ3v) is 13.4. The normalized spacial score (nSPS) is 17.9. The topological polar surface area (TPSA) is 0 Å². The third kappa shape index (κ3) is 7.04. The molecule has 0 bridgehead atoms. The molecule has 2 fully saturated rings. The average molecular weight is 565 g/mol. The summed E-state index contributed by atoms with van der Waals surface area (Å²) in [5, 5.41) is 2.68. The van der Waals surface area contributed by atoms with Crippen LogP contribution in [0.3, 0.4) is 0 Å². The summed E-state index contributed by atoms with van der Waals surface area (Å²) in [5.74, 6) is 1.49. The Hall–Kier alpha value is -1.10. The Morgan fingerprint density at radius 2 is 1.28 bits per heavy atom. The summed E-state index contributed by atoms with van der Waals surface area (Å²) in [7, 11) is -0.292. The van der Waals surface area contributed by atoms with E-state index in [4.69, 9.17) is 11.6 Å². The fourth-order valence-corrected chi connectivity index (χ4v) is 11.6. The van der Waals surface area contributed by atoms with Crippen molar-refractivity contribution < 1.29 is 0 Å².